The number of carboxylic acid groups (broad SMARTS) is 1. The van der Waals surface area contributed by atoms with Crippen LogP contribution in [0.2, 0.25) is 0 Å². The second-order valence-electron chi connectivity index (χ2n) is 6.06. The minimum atomic E-state index is -0.735. The van der Waals surface area contributed by atoms with Crippen molar-refractivity contribution in [3.63, 3.8) is 0 Å². The third-order valence-corrected chi connectivity index (χ3v) is 4.50. The number of carboxylic acids is 1. The zero-order valence-corrected chi connectivity index (χ0v) is 12.0. The third kappa shape index (κ3) is 4.78. The summed E-state index contributed by atoms with van der Waals surface area (Å²) in [7, 11) is 0. The molecule has 0 radical (unpaired) electrons. The van der Waals surface area contributed by atoms with E-state index in [2.05, 4.69) is 5.32 Å². The van der Waals surface area contributed by atoms with E-state index in [9.17, 15) is 9.59 Å². The van der Waals surface area contributed by atoms with Gasteiger partial charge in [-0.1, -0.05) is 0 Å². The molecule has 2 fully saturated rings. The van der Waals surface area contributed by atoms with E-state index in [0.29, 0.717) is 25.2 Å². The van der Waals surface area contributed by atoms with Crippen LogP contribution >= 0.6 is 0 Å². The SMILES string of the molecule is O=C(CCCC1CCOCC1)N[C@@H]1CC[C@H](C(=O)O)C1. The van der Waals surface area contributed by atoms with Gasteiger partial charge in [0, 0.05) is 25.7 Å². The van der Waals surface area contributed by atoms with Crippen LogP contribution in [-0.4, -0.2) is 36.2 Å². The molecular weight excluding hydrogens is 258 g/mol. The molecule has 5 heteroatoms. The minimum absolute atomic E-state index is 0.0617. The largest absolute Gasteiger partial charge is 0.481 e. The van der Waals surface area contributed by atoms with Crippen LogP contribution in [0, 0.1) is 11.8 Å². The lowest BCUT2D eigenvalue weighted by atomic mass is 9.94. The Morgan fingerprint density at radius 3 is 2.55 bits per heavy atom. The quantitative estimate of drug-likeness (QED) is 0.781. The highest BCUT2D eigenvalue weighted by Crippen LogP contribution is 2.26. The molecule has 1 saturated carbocycles. The summed E-state index contributed by atoms with van der Waals surface area (Å²) < 4.78 is 5.32. The third-order valence-electron chi connectivity index (χ3n) is 4.50. The van der Waals surface area contributed by atoms with Gasteiger partial charge in [0.05, 0.1) is 5.92 Å². The zero-order chi connectivity index (χ0) is 14.4. The fraction of sp³-hybridized carbons (Fsp3) is 0.867. The molecule has 114 valence electrons. The maximum atomic E-state index is 11.8. The Bertz CT molecular complexity index is 339. The minimum Gasteiger partial charge on any atom is -0.481 e. The van der Waals surface area contributed by atoms with Crippen molar-refractivity contribution in [2.24, 2.45) is 11.8 Å². The van der Waals surface area contributed by atoms with Crippen LogP contribution in [0.5, 0.6) is 0 Å². The highest BCUT2D eigenvalue weighted by atomic mass is 16.5. The molecule has 20 heavy (non-hydrogen) atoms. The van der Waals surface area contributed by atoms with E-state index >= 15 is 0 Å². The zero-order valence-electron chi connectivity index (χ0n) is 12.0. The van der Waals surface area contributed by atoms with Crippen LogP contribution in [-0.2, 0) is 14.3 Å². The molecule has 2 atom stereocenters. The molecule has 1 aliphatic heterocycles. The second-order valence-corrected chi connectivity index (χ2v) is 6.06. The Morgan fingerprint density at radius 2 is 1.90 bits per heavy atom. The van der Waals surface area contributed by atoms with Gasteiger partial charge in [0.2, 0.25) is 5.91 Å². The molecule has 1 heterocycles. The normalized spacial score (nSPS) is 27.4. The average molecular weight is 283 g/mol. The number of hydrogen-bond donors (Lipinski definition) is 2. The van der Waals surface area contributed by atoms with Gasteiger partial charge < -0.3 is 15.2 Å². The molecule has 2 aliphatic rings. The first-order valence-electron chi connectivity index (χ1n) is 7.75. The molecular formula is C15H25NO4. The summed E-state index contributed by atoms with van der Waals surface area (Å²) in [6.45, 7) is 1.71. The van der Waals surface area contributed by atoms with E-state index < -0.39 is 5.97 Å². The Morgan fingerprint density at radius 1 is 1.15 bits per heavy atom. The Kier molecular flexibility index (Phi) is 5.83. The smallest absolute Gasteiger partial charge is 0.306 e. The number of amides is 1. The molecule has 0 bridgehead atoms. The summed E-state index contributed by atoms with van der Waals surface area (Å²) in [5, 5.41) is 11.9. The number of aliphatic carboxylic acids is 1. The number of hydrogen-bond acceptors (Lipinski definition) is 3. The molecule has 1 aliphatic carbocycles. The first kappa shape index (κ1) is 15.3. The van der Waals surface area contributed by atoms with Crippen molar-refractivity contribution in [2.75, 3.05) is 13.2 Å². The van der Waals surface area contributed by atoms with Crippen molar-refractivity contribution >= 4 is 11.9 Å². The van der Waals surface area contributed by atoms with Gasteiger partial charge >= 0.3 is 5.97 Å². The van der Waals surface area contributed by atoms with Gasteiger partial charge in [-0.2, -0.15) is 0 Å². The summed E-state index contributed by atoms with van der Waals surface area (Å²) in [6, 6.07) is 0.0617. The summed E-state index contributed by atoms with van der Waals surface area (Å²) in [5.74, 6) is -0.226. The summed E-state index contributed by atoms with van der Waals surface area (Å²) in [4.78, 5) is 22.7. The van der Waals surface area contributed by atoms with Crippen molar-refractivity contribution in [3.8, 4) is 0 Å². The van der Waals surface area contributed by atoms with Gasteiger partial charge in [-0.15, -0.1) is 0 Å². The van der Waals surface area contributed by atoms with Crippen LogP contribution in [0.4, 0.5) is 0 Å². The molecule has 0 aromatic heterocycles. The van der Waals surface area contributed by atoms with Gasteiger partial charge in [0.15, 0.2) is 0 Å². The van der Waals surface area contributed by atoms with Crippen molar-refractivity contribution < 1.29 is 19.4 Å². The Labute approximate surface area is 120 Å². The molecule has 0 spiro atoms. The fourth-order valence-corrected chi connectivity index (χ4v) is 3.22. The molecule has 0 aromatic carbocycles. The highest BCUT2D eigenvalue weighted by Gasteiger charge is 2.30. The molecule has 2 N–H and O–H groups in total. The van der Waals surface area contributed by atoms with E-state index in [4.69, 9.17) is 9.84 Å². The first-order chi connectivity index (χ1) is 9.65. The molecule has 5 nitrogen and oxygen atoms in total. The van der Waals surface area contributed by atoms with Crippen LogP contribution < -0.4 is 5.32 Å². The molecule has 0 unspecified atom stereocenters. The van der Waals surface area contributed by atoms with E-state index in [1.54, 1.807) is 0 Å². The number of ether oxygens (including phenoxy) is 1. The second kappa shape index (κ2) is 7.62. The van der Waals surface area contributed by atoms with Crippen LogP contribution in [0.1, 0.15) is 51.4 Å². The lowest BCUT2D eigenvalue weighted by Gasteiger charge is -2.21. The predicted octanol–water partition coefficient (Wildman–Crippen LogP) is 1.95. The van der Waals surface area contributed by atoms with Crippen LogP contribution in [0.15, 0.2) is 0 Å². The van der Waals surface area contributed by atoms with E-state index in [-0.39, 0.29) is 17.9 Å². The first-order valence-corrected chi connectivity index (χ1v) is 7.75. The summed E-state index contributed by atoms with van der Waals surface area (Å²) >= 11 is 0. The lowest BCUT2D eigenvalue weighted by molar-refractivity contribution is -0.141. The van der Waals surface area contributed by atoms with Gasteiger partial charge in [-0.25, -0.2) is 0 Å². The van der Waals surface area contributed by atoms with E-state index in [1.807, 2.05) is 0 Å². The lowest BCUT2D eigenvalue weighted by Crippen LogP contribution is -2.33. The van der Waals surface area contributed by atoms with Crippen molar-refractivity contribution in [1.29, 1.82) is 0 Å². The fourth-order valence-electron chi connectivity index (χ4n) is 3.22. The van der Waals surface area contributed by atoms with E-state index in [0.717, 1.165) is 45.3 Å². The number of nitrogens with one attached hydrogen (secondary N) is 1. The van der Waals surface area contributed by atoms with Crippen LogP contribution in [0.25, 0.3) is 0 Å². The van der Waals surface area contributed by atoms with Crippen LogP contribution in [0.3, 0.4) is 0 Å². The topological polar surface area (TPSA) is 75.6 Å². The number of rotatable bonds is 6. The average Bonchev–Trinajstić information content (AvgIpc) is 2.88. The van der Waals surface area contributed by atoms with Gasteiger partial charge in [-0.3, -0.25) is 9.59 Å². The number of carbonyl (C=O) groups excluding carboxylic acids is 1. The van der Waals surface area contributed by atoms with E-state index in [1.165, 1.54) is 0 Å². The monoisotopic (exact) mass is 283 g/mol. The maximum absolute atomic E-state index is 11.8. The summed E-state index contributed by atoms with van der Waals surface area (Å²) in [6.07, 6.45) is 6.87. The maximum Gasteiger partial charge on any atom is 0.306 e. The molecule has 2 rings (SSSR count). The molecule has 1 saturated heterocycles. The van der Waals surface area contributed by atoms with Crippen molar-refractivity contribution in [3.05, 3.63) is 0 Å². The number of carbonyl (C=O) groups is 2. The van der Waals surface area contributed by atoms with Crippen molar-refractivity contribution in [2.45, 2.75) is 57.4 Å². The summed E-state index contributed by atoms with van der Waals surface area (Å²) in [5.41, 5.74) is 0. The van der Waals surface area contributed by atoms with Gasteiger partial charge in [-0.05, 0) is 50.9 Å². The standard InChI is InChI=1S/C15H25NO4/c17-14(3-1-2-11-6-8-20-9-7-11)16-13-5-4-12(10-13)15(18)19/h11-13H,1-10H2,(H,16,17)(H,18,19)/t12-,13+/m0/s1. The van der Waals surface area contributed by atoms with Gasteiger partial charge in [0.1, 0.15) is 0 Å². The highest BCUT2D eigenvalue weighted by molar-refractivity contribution is 5.76. The predicted molar refractivity (Wildman–Crippen MR) is 74.3 cm³/mol. The van der Waals surface area contributed by atoms with Gasteiger partial charge in [0.25, 0.3) is 0 Å². The molecule has 0 aromatic rings. The van der Waals surface area contributed by atoms with Crippen molar-refractivity contribution in [1.82, 2.24) is 5.32 Å². The Hall–Kier alpha value is -1.10. The Balaban J connectivity index is 1.57. The molecule has 1 amide bonds.